The van der Waals surface area contributed by atoms with Crippen molar-refractivity contribution < 1.29 is 9.21 Å². The molecule has 4 aromatic rings. The summed E-state index contributed by atoms with van der Waals surface area (Å²) in [5.41, 5.74) is 5.28. The van der Waals surface area contributed by atoms with Crippen LogP contribution < -0.4 is 5.32 Å². The second-order valence-electron chi connectivity index (χ2n) is 5.14. The van der Waals surface area contributed by atoms with Crippen LogP contribution >= 0.6 is 11.3 Å². The molecule has 0 saturated carbocycles. The summed E-state index contributed by atoms with van der Waals surface area (Å²) in [4.78, 5) is 16.5. The summed E-state index contributed by atoms with van der Waals surface area (Å²) >= 11 is 1.54. The van der Waals surface area contributed by atoms with Crippen molar-refractivity contribution in [1.29, 1.82) is 0 Å². The van der Waals surface area contributed by atoms with Crippen molar-refractivity contribution in [2.24, 2.45) is 0 Å². The van der Waals surface area contributed by atoms with E-state index in [-0.39, 0.29) is 5.91 Å². The Hall–Kier alpha value is -2.66. The van der Waals surface area contributed by atoms with Crippen LogP contribution in [0.25, 0.3) is 21.2 Å². The number of anilines is 1. The second kappa shape index (κ2) is 4.96. The number of rotatable bonds is 2. The molecule has 2 heterocycles. The summed E-state index contributed by atoms with van der Waals surface area (Å²) in [6.45, 7) is 1.99. The van der Waals surface area contributed by atoms with Gasteiger partial charge in [-0.2, -0.15) is 0 Å². The standard InChI is InChI=1S/C17H12N2O2S/c1-10-2-3-11-7-15(21-14(11)6-10)17(20)19-12-4-5-13-16(8-12)22-9-18-13/h2-9H,1H3,(H,19,20). The molecule has 0 saturated heterocycles. The van der Waals surface area contributed by atoms with Gasteiger partial charge in [0.2, 0.25) is 0 Å². The van der Waals surface area contributed by atoms with Crippen LogP contribution in [-0.4, -0.2) is 10.9 Å². The molecule has 0 aliphatic rings. The Morgan fingerprint density at radius 1 is 1.18 bits per heavy atom. The molecule has 2 aromatic heterocycles. The van der Waals surface area contributed by atoms with Gasteiger partial charge in [-0.25, -0.2) is 4.98 Å². The summed E-state index contributed by atoms with van der Waals surface area (Å²) in [5, 5.41) is 3.79. The van der Waals surface area contributed by atoms with Gasteiger partial charge in [-0.1, -0.05) is 12.1 Å². The Morgan fingerprint density at radius 3 is 3.00 bits per heavy atom. The predicted molar refractivity (Wildman–Crippen MR) is 88.5 cm³/mol. The number of carbonyl (C=O) groups is 1. The normalized spacial score (nSPS) is 11.1. The van der Waals surface area contributed by atoms with Crippen molar-refractivity contribution in [3.05, 3.63) is 59.3 Å². The zero-order chi connectivity index (χ0) is 15.1. The minimum absolute atomic E-state index is 0.252. The van der Waals surface area contributed by atoms with Crippen molar-refractivity contribution in [3.63, 3.8) is 0 Å². The molecule has 4 rings (SSSR count). The Balaban J connectivity index is 1.64. The molecule has 5 heteroatoms. The molecular formula is C17H12N2O2S. The first-order chi connectivity index (χ1) is 10.7. The van der Waals surface area contributed by atoms with Gasteiger partial charge in [0.1, 0.15) is 5.58 Å². The number of aromatic nitrogens is 1. The van der Waals surface area contributed by atoms with Crippen LogP contribution in [0.3, 0.4) is 0 Å². The Morgan fingerprint density at radius 2 is 2.09 bits per heavy atom. The summed E-state index contributed by atoms with van der Waals surface area (Å²) < 4.78 is 6.67. The van der Waals surface area contributed by atoms with Crippen LogP contribution in [0.5, 0.6) is 0 Å². The SMILES string of the molecule is Cc1ccc2cc(C(=O)Nc3ccc4ncsc4c3)oc2c1. The van der Waals surface area contributed by atoms with E-state index in [2.05, 4.69) is 10.3 Å². The lowest BCUT2D eigenvalue weighted by atomic mass is 10.2. The van der Waals surface area contributed by atoms with Crippen LogP contribution in [0.1, 0.15) is 16.1 Å². The molecule has 1 N–H and O–H groups in total. The molecule has 108 valence electrons. The van der Waals surface area contributed by atoms with Crippen molar-refractivity contribution in [2.45, 2.75) is 6.92 Å². The van der Waals surface area contributed by atoms with Gasteiger partial charge in [0.05, 0.1) is 15.7 Å². The maximum atomic E-state index is 12.3. The Labute approximate surface area is 130 Å². The minimum atomic E-state index is -0.252. The maximum absolute atomic E-state index is 12.3. The number of hydrogen-bond acceptors (Lipinski definition) is 4. The number of fused-ring (bicyclic) bond motifs is 2. The highest BCUT2D eigenvalue weighted by Gasteiger charge is 2.13. The van der Waals surface area contributed by atoms with Gasteiger partial charge in [-0.15, -0.1) is 11.3 Å². The lowest BCUT2D eigenvalue weighted by Crippen LogP contribution is -2.10. The third-order valence-corrected chi connectivity index (χ3v) is 4.28. The molecular weight excluding hydrogens is 296 g/mol. The summed E-state index contributed by atoms with van der Waals surface area (Å²) in [6, 6.07) is 13.3. The van der Waals surface area contributed by atoms with E-state index in [1.165, 1.54) is 0 Å². The lowest BCUT2D eigenvalue weighted by Gasteiger charge is -2.02. The zero-order valence-corrected chi connectivity index (χ0v) is 12.6. The topological polar surface area (TPSA) is 55.1 Å². The summed E-state index contributed by atoms with van der Waals surface area (Å²) in [6.07, 6.45) is 0. The minimum Gasteiger partial charge on any atom is -0.451 e. The van der Waals surface area contributed by atoms with Crippen molar-refractivity contribution in [1.82, 2.24) is 4.98 Å². The van der Waals surface area contributed by atoms with Gasteiger partial charge >= 0.3 is 0 Å². The first-order valence-electron chi connectivity index (χ1n) is 6.84. The molecule has 4 nitrogen and oxygen atoms in total. The number of furan rings is 1. The monoisotopic (exact) mass is 308 g/mol. The molecule has 0 atom stereocenters. The van der Waals surface area contributed by atoms with Crippen molar-refractivity contribution in [3.8, 4) is 0 Å². The zero-order valence-electron chi connectivity index (χ0n) is 11.8. The van der Waals surface area contributed by atoms with E-state index in [4.69, 9.17) is 4.42 Å². The first-order valence-corrected chi connectivity index (χ1v) is 7.72. The van der Waals surface area contributed by atoms with Gasteiger partial charge in [0.25, 0.3) is 5.91 Å². The fourth-order valence-electron chi connectivity index (χ4n) is 2.38. The molecule has 0 fully saturated rings. The summed E-state index contributed by atoms with van der Waals surface area (Å²) in [7, 11) is 0. The number of benzene rings is 2. The number of hydrogen-bond donors (Lipinski definition) is 1. The van der Waals surface area contributed by atoms with Gasteiger partial charge in [0.15, 0.2) is 5.76 Å². The van der Waals surface area contributed by atoms with E-state index in [0.717, 1.165) is 32.4 Å². The number of aryl methyl sites for hydroxylation is 1. The molecule has 0 unspecified atom stereocenters. The van der Waals surface area contributed by atoms with Crippen LogP contribution in [0.15, 0.2) is 52.4 Å². The number of nitrogens with one attached hydrogen (secondary N) is 1. The van der Waals surface area contributed by atoms with Gasteiger partial charge in [0, 0.05) is 11.1 Å². The van der Waals surface area contributed by atoms with Crippen LogP contribution in [-0.2, 0) is 0 Å². The average Bonchev–Trinajstić information content (AvgIpc) is 3.12. The fourth-order valence-corrected chi connectivity index (χ4v) is 3.09. The predicted octanol–water partition coefficient (Wildman–Crippen LogP) is 4.60. The number of amides is 1. The highest BCUT2D eigenvalue weighted by atomic mass is 32.1. The third-order valence-electron chi connectivity index (χ3n) is 3.49. The highest BCUT2D eigenvalue weighted by Crippen LogP contribution is 2.24. The first kappa shape index (κ1) is 13.0. The second-order valence-corrected chi connectivity index (χ2v) is 6.03. The molecule has 2 aromatic carbocycles. The largest absolute Gasteiger partial charge is 0.451 e. The quantitative estimate of drug-likeness (QED) is 0.588. The number of thiazole rings is 1. The van der Waals surface area contributed by atoms with E-state index >= 15 is 0 Å². The maximum Gasteiger partial charge on any atom is 0.291 e. The van der Waals surface area contributed by atoms with Crippen LogP contribution in [0.4, 0.5) is 5.69 Å². The lowest BCUT2D eigenvalue weighted by molar-refractivity contribution is 0.0998. The molecule has 22 heavy (non-hydrogen) atoms. The van der Waals surface area contributed by atoms with Gasteiger partial charge < -0.3 is 9.73 Å². The van der Waals surface area contributed by atoms with E-state index in [1.54, 1.807) is 22.9 Å². The van der Waals surface area contributed by atoms with E-state index in [0.29, 0.717) is 5.76 Å². The van der Waals surface area contributed by atoms with Crippen molar-refractivity contribution >= 4 is 44.1 Å². The Kier molecular flexibility index (Phi) is 2.94. The molecule has 0 aliphatic heterocycles. The fraction of sp³-hybridized carbons (Fsp3) is 0.0588. The highest BCUT2D eigenvalue weighted by molar-refractivity contribution is 7.16. The van der Waals surface area contributed by atoms with E-state index in [9.17, 15) is 4.79 Å². The van der Waals surface area contributed by atoms with Crippen LogP contribution in [0, 0.1) is 6.92 Å². The molecule has 0 spiro atoms. The molecule has 1 amide bonds. The van der Waals surface area contributed by atoms with Crippen LogP contribution in [0.2, 0.25) is 0 Å². The summed E-state index contributed by atoms with van der Waals surface area (Å²) in [5.74, 6) is 0.0581. The van der Waals surface area contributed by atoms with Gasteiger partial charge in [-0.3, -0.25) is 4.79 Å². The smallest absolute Gasteiger partial charge is 0.291 e. The van der Waals surface area contributed by atoms with E-state index < -0.39 is 0 Å². The molecule has 0 aliphatic carbocycles. The number of carbonyl (C=O) groups excluding carboxylic acids is 1. The number of nitrogens with zero attached hydrogens (tertiary/aromatic N) is 1. The Bertz CT molecular complexity index is 1000. The average molecular weight is 308 g/mol. The van der Waals surface area contributed by atoms with E-state index in [1.807, 2.05) is 43.3 Å². The third kappa shape index (κ3) is 2.25. The molecule has 0 radical (unpaired) electrons. The molecule has 0 bridgehead atoms. The van der Waals surface area contributed by atoms with Gasteiger partial charge in [-0.05, 0) is 42.8 Å². The van der Waals surface area contributed by atoms with Crippen molar-refractivity contribution in [2.75, 3.05) is 5.32 Å².